The molecule has 1 amide bonds. The van der Waals surface area contributed by atoms with Gasteiger partial charge in [-0.3, -0.25) is 9.69 Å². The van der Waals surface area contributed by atoms with E-state index in [0.29, 0.717) is 0 Å². The summed E-state index contributed by atoms with van der Waals surface area (Å²) in [6.45, 7) is 4.05. The number of benzene rings is 2. The third kappa shape index (κ3) is 6.49. The molecule has 0 saturated carbocycles. The van der Waals surface area contributed by atoms with Gasteiger partial charge in [-0.25, -0.2) is 8.70 Å². The zero-order chi connectivity index (χ0) is 23.1. The Morgan fingerprint density at radius 1 is 1.03 bits per heavy atom. The smallest absolute Gasteiger partial charge is 0.304 e. The van der Waals surface area contributed by atoms with Crippen molar-refractivity contribution in [1.29, 1.82) is 0 Å². The fourth-order valence-corrected chi connectivity index (χ4v) is 4.34. The van der Waals surface area contributed by atoms with Gasteiger partial charge in [0.25, 0.3) is 0 Å². The molecule has 1 heterocycles. The Hall–Kier alpha value is -2.53. The number of nitrogens with one attached hydrogen (secondary N) is 1. The number of ether oxygens (including phenoxy) is 1. The quantitative estimate of drug-likeness (QED) is 0.610. The van der Waals surface area contributed by atoms with Crippen LogP contribution in [0.3, 0.4) is 0 Å². The van der Waals surface area contributed by atoms with Gasteiger partial charge in [-0.05, 0) is 35.4 Å². The lowest BCUT2D eigenvalue weighted by Gasteiger charge is -2.27. The number of amides is 1. The van der Waals surface area contributed by atoms with E-state index in [1.165, 1.54) is 31.8 Å². The van der Waals surface area contributed by atoms with Gasteiger partial charge in [0.05, 0.1) is 18.9 Å². The molecule has 1 N–H and O–H groups in total. The van der Waals surface area contributed by atoms with Gasteiger partial charge in [-0.1, -0.05) is 24.3 Å². The molecule has 3 rings (SSSR count). The second kappa shape index (κ2) is 10.9. The molecule has 1 saturated heterocycles. The maximum absolute atomic E-state index is 13.3. The van der Waals surface area contributed by atoms with Crippen LogP contribution in [-0.2, 0) is 32.8 Å². The molecular formula is C22H29FN4O4S. The van der Waals surface area contributed by atoms with Gasteiger partial charge in [0.2, 0.25) is 5.91 Å². The number of carbonyl (C=O) groups excluding carboxylic acids is 1. The van der Waals surface area contributed by atoms with Crippen molar-refractivity contribution in [2.75, 3.05) is 51.2 Å². The summed E-state index contributed by atoms with van der Waals surface area (Å²) in [4.78, 5) is 14.9. The van der Waals surface area contributed by atoms with Gasteiger partial charge in [0.15, 0.2) is 0 Å². The molecule has 8 nitrogen and oxygen atoms in total. The number of hydrogen-bond donors (Lipinski definition) is 1. The number of hydrogen-bond acceptors (Lipinski definition) is 5. The number of rotatable bonds is 9. The summed E-state index contributed by atoms with van der Waals surface area (Å²) in [7, 11) is -1.18. The molecule has 2 aromatic carbocycles. The zero-order valence-corrected chi connectivity index (χ0v) is 19.1. The lowest BCUT2D eigenvalue weighted by atomic mass is 10.1. The van der Waals surface area contributed by atoms with E-state index in [2.05, 4.69) is 10.2 Å². The minimum absolute atomic E-state index is 0.211. The van der Waals surface area contributed by atoms with E-state index in [-0.39, 0.29) is 12.2 Å². The molecule has 0 aromatic heterocycles. The molecule has 174 valence electrons. The monoisotopic (exact) mass is 464 g/mol. The van der Waals surface area contributed by atoms with Crippen LogP contribution in [0.2, 0.25) is 0 Å². The lowest BCUT2D eigenvalue weighted by Crippen LogP contribution is -2.45. The summed E-state index contributed by atoms with van der Waals surface area (Å²) in [5.41, 5.74) is 2.30. The Morgan fingerprint density at radius 2 is 1.62 bits per heavy atom. The standard InChI is InChI=1S/C22H29FN4O4S/c1-25(2)32(29,30)27(21-9-7-20(23)8-10-21)17-22(28)24-15-18-3-5-19(6-4-18)16-26-11-13-31-14-12-26/h3-10H,11-17H2,1-2H3,(H,24,28). The molecule has 10 heteroatoms. The Labute approximate surface area is 188 Å². The summed E-state index contributed by atoms with van der Waals surface area (Å²) in [5.74, 6) is -0.949. The fraction of sp³-hybridized carbons (Fsp3) is 0.409. The Morgan fingerprint density at radius 3 is 2.22 bits per heavy atom. The van der Waals surface area contributed by atoms with Gasteiger partial charge in [-0.15, -0.1) is 0 Å². The van der Waals surface area contributed by atoms with E-state index in [1.54, 1.807) is 0 Å². The maximum Gasteiger partial charge on any atom is 0.304 e. The predicted octanol–water partition coefficient (Wildman–Crippen LogP) is 1.59. The average molecular weight is 465 g/mol. The van der Waals surface area contributed by atoms with Crippen LogP contribution in [0.1, 0.15) is 11.1 Å². The van der Waals surface area contributed by atoms with Crippen LogP contribution in [0.25, 0.3) is 0 Å². The average Bonchev–Trinajstić information content (AvgIpc) is 2.78. The molecule has 1 aliphatic heterocycles. The Balaban J connectivity index is 1.59. The first-order valence-electron chi connectivity index (χ1n) is 10.4. The van der Waals surface area contributed by atoms with Crippen molar-refractivity contribution in [1.82, 2.24) is 14.5 Å². The van der Waals surface area contributed by atoms with Gasteiger partial charge < -0.3 is 10.1 Å². The topological polar surface area (TPSA) is 82.2 Å². The van der Waals surface area contributed by atoms with E-state index >= 15 is 0 Å². The molecule has 0 aliphatic carbocycles. The van der Waals surface area contributed by atoms with Crippen molar-refractivity contribution in [3.05, 3.63) is 65.5 Å². The molecular weight excluding hydrogens is 435 g/mol. The van der Waals surface area contributed by atoms with E-state index in [4.69, 9.17) is 4.74 Å². The summed E-state index contributed by atoms with van der Waals surface area (Å²) >= 11 is 0. The first kappa shape index (κ1) is 24.1. The van der Waals surface area contributed by atoms with E-state index in [9.17, 15) is 17.6 Å². The van der Waals surface area contributed by atoms with E-state index in [1.807, 2.05) is 24.3 Å². The molecule has 32 heavy (non-hydrogen) atoms. The molecule has 0 spiro atoms. The third-order valence-electron chi connectivity index (χ3n) is 5.16. The summed E-state index contributed by atoms with van der Waals surface area (Å²) in [6.07, 6.45) is 0. The Kier molecular flexibility index (Phi) is 8.19. The normalized spacial score (nSPS) is 15.0. The van der Waals surface area contributed by atoms with Crippen molar-refractivity contribution in [2.24, 2.45) is 0 Å². The lowest BCUT2D eigenvalue weighted by molar-refractivity contribution is -0.119. The van der Waals surface area contributed by atoms with Crippen LogP contribution >= 0.6 is 0 Å². The van der Waals surface area contributed by atoms with Gasteiger partial charge in [-0.2, -0.15) is 12.7 Å². The highest BCUT2D eigenvalue weighted by molar-refractivity contribution is 7.90. The number of carbonyl (C=O) groups is 1. The highest BCUT2D eigenvalue weighted by Crippen LogP contribution is 2.19. The zero-order valence-electron chi connectivity index (χ0n) is 18.3. The minimum atomic E-state index is -3.93. The second-order valence-corrected chi connectivity index (χ2v) is 9.82. The predicted molar refractivity (Wildman–Crippen MR) is 121 cm³/mol. The molecule has 0 unspecified atom stereocenters. The van der Waals surface area contributed by atoms with Crippen LogP contribution in [-0.4, -0.2) is 70.5 Å². The number of nitrogens with zero attached hydrogens (tertiary/aromatic N) is 3. The molecule has 0 bridgehead atoms. The van der Waals surface area contributed by atoms with Gasteiger partial charge in [0, 0.05) is 40.3 Å². The Bertz CT molecular complexity index is 992. The second-order valence-electron chi connectivity index (χ2n) is 7.75. The largest absolute Gasteiger partial charge is 0.379 e. The number of anilines is 1. The summed E-state index contributed by atoms with van der Waals surface area (Å²) < 4.78 is 46.0. The number of halogens is 1. The fourth-order valence-electron chi connectivity index (χ4n) is 3.28. The number of morpholine rings is 1. The van der Waals surface area contributed by atoms with E-state index in [0.717, 1.165) is 59.2 Å². The highest BCUT2D eigenvalue weighted by Gasteiger charge is 2.27. The van der Waals surface area contributed by atoms with E-state index < -0.39 is 28.5 Å². The molecule has 0 radical (unpaired) electrons. The van der Waals surface area contributed by atoms with Crippen LogP contribution in [0.15, 0.2) is 48.5 Å². The van der Waals surface area contributed by atoms with Crippen LogP contribution in [0.5, 0.6) is 0 Å². The molecule has 0 atom stereocenters. The first-order valence-corrected chi connectivity index (χ1v) is 11.8. The molecule has 2 aromatic rings. The van der Waals surface area contributed by atoms with Crippen molar-refractivity contribution < 1.29 is 22.3 Å². The van der Waals surface area contributed by atoms with Crippen molar-refractivity contribution in [3.8, 4) is 0 Å². The van der Waals surface area contributed by atoms with Crippen LogP contribution < -0.4 is 9.62 Å². The van der Waals surface area contributed by atoms with Crippen molar-refractivity contribution >= 4 is 21.8 Å². The van der Waals surface area contributed by atoms with Gasteiger partial charge >= 0.3 is 10.2 Å². The minimum Gasteiger partial charge on any atom is -0.379 e. The SMILES string of the molecule is CN(C)S(=O)(=O)N(CC(=O)NCc1ccc(CN2CCOCC2)cc1)c1ccc(F)cc1. The van der Waals surface area contributed by atoms with Crippen molar-refractivity contribution in [3.63, 3.8) is 0 Å². The first-order chi connectivity index (χ1) is 15.3. The van der Waals surface area contributed by atoms with Crippen LogP contribution in [0, 0.1) is 5.82 Å². The molecule has 1 aliphatic rings. The highest BCUT2D eigenvalue weighted by atomic mass is 32.2. The maximum atomic E-state index is 13.3. The van der Waals surface area contributed by atoms with Crippen molar-refractivity contribution in [2.45, 2.75) is 13.1 Å². The van der Waals surface area contributed by atoms with Gasteiger partial charge in [0.1, 0.15) is 12.4 Å². The third-order valence-corrected chi connectivity index (χ3v) is 6.98. The summed E-state index contributed by atoms with van der Waals surface area (Å²) in [6, 6.07) is 12.9. The summed E-state index contributed by atoms with van der Waals surface area (Å²) in [5, 5.41) is 2.76. The molecule has 1 fully saturated rings. The van der Waals surface area contributed by atoms with Crippen LogP contribution in [0.4, 0.5) is 10.1 Å².